The zero-order chi connectivity index (χ0) is 24.3. The highest BCUT2D eigenvalue weighted by Crippen LogP contribution is 2.25. The number of unbranched alkanes of at least 4 members (excludes halogenated alkanes) is 4. The van der Waals surface area contributed by atoms with Gasteiger partial charge in [0.05, 0.1) is 24.7 Å². The van der Waals surface area contributed by atoms with E-state index in [1.807, 2.05) is 0 Å². The van der Waals surface area contributed by atoms with E-state index in [-0.39, 0.29) is 12.4 Å². The van der Waals surface area contributed by atoms with Crippen LogP contribution in [0.1, 0.15) is 52.4 Å². The lowest BCUT2D eigenvalue weighted by atomic mass is 9.90. The lowest BCUT2D eigenvalue weighted by Crippen LogP contribution is -2.64. The van der Waals surface area contributed by atoms with Crippen molar-refractivity contribution in [3.63, 3.8) is 0 Å². The quantitative estimate of drug-likeness (QED) is 0.0993. The molecule has 1 aliphatic rings. The van der Waals surface area contributed by atoms with Crippen LogP contribution in [0.5, 0.6) is 0 Å². The summed E-state index contributed by atoms with van der Waals surface area (Å²) in [6.45, 7) is 2.57. The first-order valence-corrected chi connectivity index (χ1v) is 10.7. The number of hydrogen-bond donors (Lipinski definition) is 7. The van der Waals surface area contributed by atoms with Crippen molar-refractivity contribution < 1.29 is 34.4 Å². The summed E-state index contributed by atoms with van der Waals surface area (Å²) < 4.78 is 5.53. The number of aliphatic imine (C=N–C) groups is 1. The van der Waals surface area contributed by atoms with Crippen LogP contribution >= 0.6 is 0 Å². The Hall–Kier alpha value is -2.86. The van der Waals surface area contributed by atoms with Crippen molar-refractivity contribution in [2.75, 3.05) is 6.61 Å². The molecule has 0 fully saturated rings. The van der Waals surface area contributed by atoms with Crippen molar-refractivity contribution in [1.29, 1.82) is 0 Å². The Morgan fingerprint density at radius 2 is 1.88 bits per heavy atom. The van der Waals surface area contributed by atoms with E-state index in [0.29, 0.717) is 6.42 Å². The Balaban J connectivity index is 3.18. The fraction of sp³-hybridized carbons (Fsp3) is 0.700. The van der Waals surface area contributed by atoms with Crippen LogP contribution < -0.4 is 22.1 Å². The number of guanidine groups is 1. The molecule has 182 valence electrons. The summed E-state index contributed by atoms with van der Waals surface area (Å²) in [6, 6.07) is -3.33. The van der Waals surface area contributed by atoms with Gasteiger partial charge < -0.3 is 42.2 Å². The maximum atomic E-state index is 12.5. The zero-order valence-electron chi connectivity index (χ0n) is 18.5. The highest BCUT2D eigenvalue weighted by atomic mass is 16.5. The number of hydrogen-bond acceptors (Lipinski definition) is 7. The fourth-order valence-electron chi connectivity index (χ4n) is 3.48. The molecule has 0 aromatic carbocycles. The number of rotatable bonds is 13. The van der Waals surface area contributed by atoms with Gasteiger partial charge >= 0.3 is 5.97 Å². The van der Waals surface area contributed by atoms with Crippen LogP contribution in [0.4, 0.5) is 0 Å². The monoisotopic (exact) mass is 457 g/mol. The Morgan fingerprint density at radius 3 is 2.41 bits per heavy atom. The number of carbonyl (C=O) groups is 3. The molecular weight excluding hydrogens is 422 g/mol. The van der Waals surface area contributed by atoms with Gasteiger partial charge in [0.1, 0.15) is 12.2 Å². The maximum Gasteiger partial charge on any atom is 0.370 e. The topological polar surface area (TPSA) is 210 Å². The SMILES string of the molecule is CCCCCCCC(=O)N[C@@H]([C@@H]1OC(C(=O)O)=C[C@H](N=C(N)N)[C@H]1NC(C)=O)[C@@H](O)CO. The highest BCUT2D eigenvalue weighted by Gasteiger charge is 2.44. The van der Waals surface area contributed by atoms with Crippen molar-refractivity contribution in [3.8, 4) is 0 Å². The summed E-state index contributed by atoms with van der Waals surface area (Å²) in [6.07, 6.45) is 3.13. The minimum atomic E-state index is -1.51. The van der Waals surface area contributed by atoms with Crippen molar-refractivity contribution >= 4 is 23.7 Å². The Kier molecular flexibility index (Phi) is 11.5. The van der Waals surface area contributed by atoms with Gasteiger partial charge in [-0.25, -0.2) is 9.79 Å². The standard InChI is InChI=1S/C20H35N5O7/c1-3-4-5-6-7-8-15(29)25-17(13(28)10-26)18-16(23-11(2)27)12(24-20(21)22)9-14(32-18)19(30)31/h9,12-13,16-18,26,28H,3-8,10H2,1-2H3,(H,23,27)(H,25,29)(H,30,31)(H4,21,22,24)/t12-,13-,16+,17+,18+/m0/s1. The summed E-state index contributed by atoms with van der Waals surface area (Å²) in [7, 11) is 0. The minimum absolute atomic E-state index is 0.175. The summed E-state index contributed by atoms with van der Waals surface area (Å²) in [5.74, 6) is -3.20. The van der Waals surface area contributed by atoms with E-state index in [1.165, 1.54) is 6.92 Å². The Morgan fingerprint density at radius 1 is 1.22 bits per heavy atom. The van der Waals surface area contributed by atoms with E-state index in [9.17, 15) is 29.7 Å². The van der Waals surface area contributed by atoms with Crippen LogP contribution in [0.25, 0.3) is 0 Å². The normalized spacial score (nSPS) is 22.0. The Bertz CT molecular complexity index is 708. The third kappa shape index (κ3) is 8.71. The number of nitrogens with zero attached hydrogens (tertiary/aromatic N) is 1. The second-order valence-electron chi connectivity index (χ2n) is 7.70. The summed E-state index contributed by atoms with van der Waals surface area (Å²) in [5, 5.41) is 34.6. The van der Waals surface area contributed by atoms with Crippen molar-refractivity contribution in [2.45, 2.75) is 82.7 Å². The van der Waals surface area contributed by atoms with Gasteiger partial charge in [-0.2, -0.15) is 0 Å². The van der Waals surface area contributed by atoms with Crippen LogP contribution in [0.2, 0.25) is 0 Å². The average molecular weight is 458 g/mol. The number of ether oxygens (including phenoxy) is 1. The van der Waals surface area contributed by atoms with E-state index >= 15 is 0 Å². The number of aliphatic hydroxyl groups is 2. The maximum absolute atomic E-state index is 12.5. The van der Waals surface area contributed by atoms with E-state index in [0.717, 1.165) is 31.8 Å². The van der Waals surface area contributed by atoms with Crippen LogP contribution in [0, 0.1) is 0 Å². The molecule has 0 aromatic rings. The average Bonchev–Trinajstić information content (AvgIpc) is 2.71. The van der Waals surface area contributed by atoms with Gasteiger partial charge in [-0.05, 0) is 12.5 Å². The minimum Gasteiger partial charge on any atom is -0.479 e. The van der Waals surface area contributed by atoms with Gasteiger partial charge in [0, 0.05) is 13.3 Å². The molecule has 0 saturated carbocycles. The highest BCUT2D eigenvalue weighted by molar-refractivity contribution is 5.85. The summed E-state index contributed by atoms with van der Waals surface area (Å²) in [4.78, 5) is 39.9. The molecule has 0 bridgehead atoms. The molecule has 0 spiro atoms. The van der Waals surface area contributed by atoms with Gasteiger partial charge in [0.2, 0.25) is 17.6 Å². The number of nitrogens with two attached hydrogens (primary N) is 2. The second-order valence-corrected chi connectivity index (χ2v) is 7.70. The van der Waals surface area contributed by atoms with Gasteiger partial charge in [0.25, 0.3) is 0 Å². The number of aliphatic carboxylic acids is 1. The van der Waals surface area contributed by atoms with Crippen molar-refractivity contribution in [2.24, 2.45) is 16.5 Å². The van der Waals surface area contributed by atoms with Crippen LogP contribution in [-0.2, 0) is 19.1 Å². The van der Waals surface area contributed by atoms with Gasteiger partial charge in [-0.3, -0.25) is 9.59 Å². The molecule has 0 aliphatic carbocycles. The molecular formula is C20H35N5O7. The molecule has 1 heterocycles. The third-order valence-electron chi connectivity index (χ3n) is 4.98. The largest absolute Gasteiger partial charge is 0.479 e. The fourth-order valence-corrected chi connectivity index (χ4v) is 3.48. The van der Waals surface area contributed by atoms with E-state index in [4.69, 9.17) is 16.2 Å². The predicted octanol–water partition coefficient (Wildman–Crippen LogP) is -1.30. The molecule has 12 heteroatoms. The molecule has 32 heavy (non-hydrogen) atoms. The van der Waals surface area contributed by atoms with Gasteiger partial charge in [0.15, 0.2) is 5.96 Å². The predicted molar refractivity (Wildman–Crippen MR) is 116 cm³/mol. The third-order valence-corrected chi connectivity index (χ3v) is 4.98. The zero-order valence-corrected chi connectivity index (χ0v) is 18.5. The first kappa shape index (κ1) is 27.2. The molecule has 1 aliphatic heterocycles. The molecule has 2 amide bonds. The summed E-state index contributed by atoms with van der Waals surface area (Å²) in [5.41, 5.74) is 10.9. The lowest BCUT2D eigenvalue weighted by molar-refractivity contribution is -0.141. The molecule has 12 nitrogen and oxygen atoms in total. The number of amides is 2. The second kappa shape index (κ2) is 13.5. The van der Waals surface area contributed by atoms with E-state index in [1.54, 1.807) is 0 Å². The Labute approximate surface area is 187 Å². The molecule has 0 aromatic heterocycles. The first-order valence-electron chi connectivity index (χ1n) is 10.7. The molecule has 9 N–H and O–H groups in total. The molecule has 1 rings (SSSR count). The van der Waals surface area contributed by atoms with Crippen molar-refractivity contribution in [3.05, 3.63) is 11.8 Å². The summed E-state index contributed by atoms with van der Waals surface area (Å²) >= 11 is 0. The molecule has 0 unspecified atom stereocenters. The number of carboxylic acids is 1. The van der Waals surface area contributed by atoms with Crippen LogP contribution in [0.15, 0.2) is 16.8 Å². The molecule has 5 atom stereocenters. The van der Waals surface area contributed by atoms with Crippen LogP contribution in [-0.4, -0.2) is 76.0 Å². The first-order chi connectivity index (χ1) is 15.1. The van der Waals surface area contributed by atoms with Crippen molar-refractivity contribution in [1.82, 2.24) is 10.6 Å². The number of nitrogens with one attached hydrogen (secondary N) is 2. The number of carboxylic acid groups (broad SMARTS) is 1. The lowest BCUT2D eigenvalue weighted by Gasteiger charge is -2.40. The number of aliphatic hydroxyl groups excluding tert-OH is 2. The van der Waals surface area contributed by atoms with Gasteiger partial charge in [-0.1, -0.05) is 32.6 Å². The van der Waals surface area contributed by atoms with Crippen LogP contribution in [0.3, 0.4) is 0 Å². The molecule has 0 radical (unpaired) electrons. The smallest absolute Gasteiger partial charge is 0.370 e. The number of carbonyl (C=O) groups excluding carboxylic acids is 2. The van der Waals surface area contributed by atoms with Gasteiger partial charge in [-0.15, -0.1) is 0 Å². The molecule has 0 saturated heterocycles. The van der Waals surface area contributed by atoms with E-state index in [2.05, 4.69) is 22.5 Å². The van der Waals surface area contributed by atoms with E-state index < -0.39 is 60.5 Å².